The summed E-state index contributed by atoms with van der Waals surface area (Å²) < 4.78 is 0. The van der Waals surface area contributed by atoms with Gasteiger partial charge < -0.3 is 16.0 Å². The number of nitrogens with one attached hydrogen (secondary N) is 1. The molecule has 0 saturated carbocycles. The van der Waals surface area contributed by atoms with Gasteiger partial charge in [-0.15, -0.1) is 5.10 Å². The summed E-state index contributed by atoms with van der Waals surface area (Å²) in [4.78, 5) is 2.29. The summed E-state index contributed by atoms with van der Waals surface area (Å²) in [6.45, 7) is 2.18. The minimum absolute atomic E-state index is 0.469. The van der Waals surface area contributed by atoms with Crippen LogP contribution in [0.4, 0.5) is 11.5 Å². The van der Waals surface area contributed by atoms with E-state index in [0.717, 1.165) is 25.3 Å². The average Bonchev–Trinajstić information content (AvgIpc) is 2.51. The predicted octanol–water partition coefficient (Wildman–Crippen LogP) is 0.175. The molecule has 1 unspecified atom stereocenters. The minimum atomic E-state index is 0.469. The number of rotatable bonds is 2. The topological polar surface area (TPSA) is 67.1 Å². The van der Waals surface area contributed by atoms with Crippen molar-refractivity contribution >= 4 is 11.5 Å². The van der Waals surface area contributed by atoms with E-state index in [9.17, 15) is 0 Å². The first-order chi connectivity index (χ1) is 6.74. The molecule has 0 amide bonds. The van der Waals surface area contributed by atoms with Gasteiger partial charge in [-0.25, -0.2) is 0 Å². The third-order valence-electron chi connectivity index (χ3n) is 2.42. The van der Waals surface area contributed by atoms with E-state index >= 15 is 0 Å². The van der Waals surface area contributed by atoms with E-state index in [0.29, 0.717) is 11.7 Å². The van der Waals surface area contributed by atoms with Crippen LogP contribution in [0.5, 0.6) is 0 Å². The monoisotopic (exact) mass is 193 g/mol. The third kappa shape index (κ3) is 2.11. The van der Waals surface area contributed by atoms with Crippen molar-refractivity contribution in [3.05, 3.63) is 12.3 Å². The number of nitrogens with two attached hydrogens (primary N) is 1. The Kier molecular flexibility index (Phi) is 2.49. The van der Waals surface area contributed by atoms with Gasteiger partial charge in [0.1, 0.15) is 0 Å². The smallest absolute Gasteiger partial charge is 0.150 e. The molecule has 1 saturated heterocycles. The summed E-state index contributed by atoms with van der Waals surface area (Å²) in [6, 6.07) is 2.28. The van der Waals surface area contributed by atoms with Crippen LogP contribution in [0, 0.1) is 0 Å². The molecule has 0 aliphatic carbocycles. The van der Waals surface area contributed by atoms with Gasteiger partial charge >= 0.3 is 0 Å². The summed E-state index contributed by atoms with van der Waals surface area (Å²) in [5.41, 5.74) is 6.25. The molecule has 0 spiro atoms. The van der Waals surface area contributed by atoms with Crippen LogP contribution in [-0.2, 0) is 0 Å². The van der Waals surface area contributed by atoms with Crippen LogP contribution in [-0.4, -0.2) is 41.3 Å². The second kappa shape index (κ2) is 3.79. The minimum Gasteiger partial charge on any atom is -0.397 e. The Balaban J connectivity index is 1.97. The maximum atomic E-state index is 5.61. The molecule has 14 heavy (non-hydrogen) atoms. The molecule has 2 heterocycles. The molecule has 1 aliphatic rings. The molecule has 1 atom stereocenters. The van der Waals surface area contributed by atoms with Crippen LogP contribution in [0.15, 0.2) is 12.3 Å². The molecule has 5 nitrogen and oxygen atoms in total. The number of hydrogen-bond donors (Lipinski definition) is 2. The molecule has 0 aromatic carbocycles. The highest BCUT2D eigenvalue weighted by molar-refractivity contribution is 5.46. The first-order valence-corrected chi connectivity index (χ1v) is 4.77. The Hall–Kier alpha value is -1.36. The predicted molar refractivity (Wildman–Crippen MR) is 56.0 cm³/mol. The summed E-state index contributed by atoms with van der Waals surface area (Å²) in [6.07, 6.45) is 2.69. The lowest BCUT2D eigenvalue weighted by Gasteiger charge is -2.12. The highest BCUT2D eigenvalue weighted by atomic mass is 15.2. The molecule has 1 aromatic rings. The van der Waals surface area contributed by atoms with E-state index in [2.05, 4.69) is 27.5 Å². The number of nitrogens with zero attached hydrogens (tertiary/aromatic N) is 3. The van der Waals surface area contributed by atoms with Crippen molar-refractivity contribution in [3.63, 3.8) is 0 Å². The number of aromatic nitrogens is 2. The molecule has 76 valence electrons. The van der Waals surface area contributed by atoms with Gasteiger partial charge in [-0.05, 0) is 20.0 Å². The first-order valence-electron chi connectivity index (χ1n) is 4.77. The second-order valence-corrected chi connectivity index (χ2v) is 3.77. The zero-order valence-electron chi connectivity index (χ0n) is 8.27. The normalized spacial score (nSPS) is 22.5. The first kappa shape index (κ1) is 9.21. The quantitative estimate of drug-likeness (QED) is 0.701. The van der Waals surface area contributed by atoms with Gasteiger partial charge in [0.25, 0.3) is 0 Å². The van der Waals surface area contributed by atoms with Crippen molar-refractivity contribution in [2.24, 2.45) is 0 Å². The standard InChI is InChI=1S/C9H15N5/c1-14-3-2-8(6-14)12-9-4-7(10)5-11-13-9/h4-5,8H,2-3,6H2,1H3,(H3,10,12,13). The lowest BCUT2D eigenvalue weighted by atomic mass is 10.2. The zero-order chi connectivity index (χ0) is 9.97. The van der Waals surface area contributed by atoms with Gasteiger partial charge in [0.2, 0.25) is 0 Å². The number of anilines is 2. The van der Waals surface area contributed by atoms with Gasteiger partial charge in [-0.3, -0.25) is 0 Å². The molecule has 3 N–H and O–H groups in total. The molecule has 0 radical (unpaired) electrons. The summed E-state index contributed by atoms with van der Waals surface area (Å²) in [7, 11) is 2.12. The number of likely N-dealkylation sites (N-methyl/N-ethyl adjacent to an activating group) is 1. The maximum absolute atomic E-state index is 5.61. The van der Waals surface area contributed by atoms with Crippen molar-refractivity contribution < 1.29 is 0 Å². The highest BCUT2D eigenvalue weighted by Gasteiger charge is 2.19. The van der Waals surface area contributed by atoms with E-state index in [-0.39, 0.29) is 0 Å². The average molecular weight is 193 g/mol. The van der Waals surface area contributed by atoms with Crippen LogP contribution >= 0.6 is 0 Å². The van der Waals surface area contributed by atoms with E-state index in [1.807, 2.05) is 6.07 Å². The Bertz CT molecular complexity index is 314. The van der Waals surface area contributed by atoms with Gasteiger partial charge in [-0.2, -0.15) is 5.10 Å². The largest absolute Gasteiger partial charge is 0.397 e. The van der Waals surface area contributed by atoms with Gasteiger partial charge in [0.15, 0.2) is 5.82 Å². The van der Waals surface area contributed by atoms with Gasteiger partial charge in [0, 0.05) is 18.7 Å². The SMILES string of the molecule is CN1CCC(Nc2cc(N)cnn2)C1. The molecular formula is C9H15N5. The van der Waals surface area contributed by atoms with Crippen LogP contribution in [0.3, 0.4) is 0 Å². The van der Waals surface area contributed by atoms with Crippen molar-refractivity contribution in [2.75, 3.05) is 31.2 Å². The van der Waals surface area contributed by atoms with Gasteiger partial charge in [-0.1, -0.05) is 0 Å². The van der Waals surface area contributed by atoms with E-state index in [1.54, 1.807) is 6.20 Å². The second-order valence-electron chi connectivity index (χ2n) is 3.77. The molecule has 1 aliphatic heterocycles. The molecular weight excluding hydrogens is 178 g/mol. The van der Waals surface area contributed by atoms with E-state index in [1.165, 1.54) is 0 Å². The Morgan fingerprint density at radius 2 is 2.50 bits per heavy atom. The summed E-state index contributed by atoms with van der Waals surface area (Å²) >= 11 is 0. The Labute approximate surface area is 83.3 Å². The van der Waals surface area contributed by atoms with Gasteiger partial charge in [0.05, 0.1) is 11.9 Å². The van der Waals surface area contributed by atoms with E-state index < -0.39 is 0 Å². The molecule has 1 fully saturated rings. The fourth-order valence-electron chi connectivity index (χ4n) is 1.71. The van der Waals surface area contributed by atoms with Crippen molar-refractivity contribution in [1.29, 1.82) is 0 Å². The Morgan fingerprint density at radius 1 is 1.64 bits per heavy atom. The number of likely N-dealkylation sites (tertiary alicyclic amines) is 1. The van der Waals surface area contributed by atoms with E-state index in [4.69, 9.17) is 5.73 Å². The lowest BCUT2D eigenvalue weighted by molar-refractivity contribution is 0.414. The fraction of sp³-hybridized carbons (Fsp3) is 0.556. The maximum Gasteiger partial charge on any atom is 0.150 e. The van der Waals surface area contributed by atoms with Crippen LogP contribution in [0.2, 0.25) is 0 Å². The zero-order valence-corrected chi connectivity index (χ0v) is 8.27. The molecule has 1 aromatic heterocycles. The highest BCUT2D eigenvalue weighted by Crippen LogP contribution is 2.13. The lowest BCUT2D eigenvalue weighted by Crippen LogP contribution is -2.24. The van der Waals surface area contributed by atoms with Crippen molar-refractivity contribution in [3.8, 4) is 0 Å². The molecule has 5 heteroatoms. The summed E-state index contributed by atoms with van der Waals surface area (Å²) in [5, 5.41) is 11.1. The van der Waals surface area contributed by atoms with Crippen molar-refractivity contribution in [1.82, 2.24) is 15.1 Å². The Morgan fingerprint density at radius 3 is 3.14 bits per heavy atom. The summed E-state index contributed by atoms with van der Waals surface area (Å²) in [5.74, 6) is 0.769. The number of hydrogen-bond acceptors (Lipinski definition) is 5. The third-order valence-corrected chi connectivity index (χ3v) is 2.42. The van der Waals surface area contributed by atoms with Crippen LogP contribution in [0.1, 0.15) is 6.42 Å². The molecule has 2 rings (SSSR count). The fourth-order valence-corrected chi connectivity index (χ4v) is 1.71. The molecule has 0 bridgehead atoms. The van der Waals surface area contributed by atoms with Crippen molar-refractivity contribution in [2.45, 2.75) is 12.5 Å². The van der Waals surface area contributed by atoms with Crippen LogP contribution in [0.25, 0.3) is 0 Å². The number of nitrogen functional groups attached to an aromatic ring is 1. The van der Waals surface area contributed by atoms with Crippen LogP contribution < -0.4 is 11.1 Å².